The molecule has 0 spiro atoms. The van der Waals surface area contributed by atoms with Gasteiger partial charge in [-0.3, -0.25) is 0 Å². The van der Waals surface area contributed by atoms with E-state index in [4.69, 9.17) is 5.73 Å². The van der Waals surface area contributed by atoms with Gasteiger partial charge in [0, 0.05) is 6.54 Å². The summed E-state index contributed by atoms with van der Waals surface area (Å²) in [4.78, 5) is 0. The third kappa shape index (κ3) is 5.36. The number of halogens is 3. The molecule has 4 heteroatoms. The minimum atomic E-state index is -4.16. The lowest BCUT2D eigenvalue weighted by molar-refractivity contribution is -0.127. The fourth-order valence-corrected chi connectivity index (χ4v) is 0.356. The van der Waals surface area contributed by atoms with Gasteiger partial charge in [0.2, 0.25) is 0 Å². The standard InChI is InChI=1S/C5H8F3N/c1-4(3-9)2-5(6,7)8/h1-3,9H2. The maximum Gasteiger partial charge on any atom is 0.392 e. The Morgan fingerprint density at radius 3 is 2.00 bits per heavy atom. The molecule has 0 aromatic carbocycles. The van der Waals surface area contributed by atoms with Gasteiger partial charge in [-0.05, 0) is 0 Å². The Labute approximate surface area is 51.3 Å². The van der Waals surface area contributed by atoms with Gasteiger partial charge in [-0.15, -0.1) is 0 Å². The molecular weight excluding hydrogens is 131 g/mol. The van der Waals surface area contributed by atoms with Crippen LogP contribution in [0.2, 0.25) is 0 Å². The zero-order valence-electron chi connectivity index (χ0n) is 4.83. The van der Waals surface area contributed by atoms with Gasteiger partial charge in [0.05, 0.1) is 6.42 Å². The van der Waals surface area contributed by atoms with Crippen LogP contribution in [0.25, 0.3) is 0 Å². The summed E-state index contributed by atoms with van der Waals surface area (Å²) in [7, 11) is 0. The lowest BCUT2D eigenvalue weighted by Gasteiger charge is -2.05. The van der Waals surface area contributed by atoms with Crippen molar-refractivity contribution in [3.05, 3.63) is 12.2 Å². The summed E-state index contributed by atoms with van der Waals surface area (Å²) in [6.45, 7) is 3.02. The van der Waals surface area contributed by atoms with E-state index in [-0.39, 0.29) is 12.1 Å². The predicted molar refractivity (Wildman–Crippen MR) is 28.9 cm³/mol. The maximum absolute atomic E-state index is 11.4. The highest BCUT2D eigenvalue weighted by atomic mass is 19.4. The summed E-state index contributed by atoms with van der Waals surface area (Å²) in [6, 6.07) is 0. The van der Waals surface area contributed by atoms with Gasteiger partial charge in [0.1, 0.15) is 0 Å². The van der Waals surface area contributed by atoms with Crippen molar-refractivity contribution in [1.29, 1.82) is 0 Å². The molecule has 0 rings (SSSR count). The van der Waals surface area contributed by atoms with Gasteiger partial charge in [-0.2, -0.15) is 13.2 Å². The highest BCUT2D eigenvalue weighted by Gasteiger charge is 2.27. The second-order valence-electron chi connectivity index (χ2n) is 1.75. The first-order chi connectivity index (χ1) is 3.95. The Kier molecular flexibility index (Phi) is 2.70. The Bertz CT molecular complexity index is 105. The van der Waals surface area contributed by atoms with Crippen LogP contribution in [-0.2, 0) is 0 Å². The highest BCUT2D eigenvalue weighted by molar-refractivity contribution is 4.97. The van der Waals surface area contributed by atoms with Crippen molar-refractivity contribution in [2.45, 2.75) is 12.6 Å². The number of nitrogens with two attached hydrogens (primary N) is 1. The summed E-state index contributed by atoms with van der Waals surface area (Å²) in [6.07, 6.45) is -5.13. The van der Waals surface area contributed by atoms with Gasteiger partial charge < -0.3 is 5.73 Å². The Balaban J connectivity index is 3.60. The van der Waals surface area contributed by atoms with E-state index in [2.05, 4.69) is 6.58 Å². The normalized spacial score (nSPS) is 11.6. The molecule has 0 aromatic heterocycles. The predicted octanol–water partition coefficient (Wildman–Crippen LogP) is 1.45. The molecule has 2 N–H and O–H groups in total. The molecule has 0 bridgehead atoms. The highest BCUT2D eigenvalue weighted by Crippen LogP contribution is 2.22. The first-order valence-electron chi connectivity index (χ1n) is 2.39. The molecule has 1 nitrogen and oxygen atoms in total. The second kappa shape index (κ2) is 2.87. The van der Waals surface area contributed by atoms with E-state index in [0.29, 0.717) is 0 Å². The SMILES string of the molecule is C=C(CN)CC(F)(F)F. The largest absolute Gasteiger partial charge is 0.392 e. The van der Waals surface area contributed by atoms with Gasteiger partial charge >= 0.3 is 6.18 Å². The molecule has 0 unspecified atom stereocenters. The van der Waals surface area contributed by atoms with Crippen molar-refractivity contribution in [1.82, 2.24) is 0 Å². The molecule has 0 aromatic rings. The smallest absolute Gasteiger partial charge is 0.327 e. The third-order valence-corrected chi connectivity index (χ3v) is 0.739. The van der Waals surface area contributed by atoms with Crippen molar-refractivity contribution in [3.63, 3.8) is 0 Å². The van der Waals surface area contributed by atoms with Gasteiger partial charge in [0.25, 0.3) is 0 Å². The van der Waals surface area contributed by atoms with E-state index < -0.39 is 12.6 Å². The third-order valence-electron chi connectivity index (χ3n) is 0.739. The molecule has 54 valence electrons. The van der Waals surface area contributed by atoms with Crippen LogP contribution in [-0.4, -0.2) is 12.7 Å². The zero-order chi connectivity index (χ0) is 7.49. The number of hydrogen-bond acceptors (Lipinski definition) is 1. The molecule has 0 amide bonds. The molecule has 0 atom stereocenters. The van der Waals surface area contributed by atoms with Crippen LogP contribution < -0.4 is 5.73 Å². The monoisotopic (exact) mass is 139 g/mol. The molecule has 0 saturated carbocycles. The molecular formula is C5H8F3N. The van der Waals surface area contributed by atoms with Crippen molar-refractivity contribution >= 4 is 0 Å². The number of hydrogen-bond donors (Lipinski definition) is 1. The summed E-state index contributed by atoms with van der Waals surface area (Å²) in [5.41, 5.74) is 4.90. The molecule has 9 heavy (non-hydrogen) atoms. The van der Waals surface area contributed by atoms with Crippen molar-refractivity contribution in [2.24, 2.45) is 5.73 Å². The minimum absolute atomic E-state index is 0.0162. The van der Waals surface area contributed by atoms with E-state index in [9.17, 15) is 13.2 Å². The molecule has 0 heterocycles. The van der Waals surface area contributed by atoms with Crippen LogP contribution in [0, 0.1) is 0 Å². The first-order valence-corrected chi connectivity index (χ1v) is 2.39. The lowest BCUT2D eigenvalue weighted by Crippen LogP contribution is -2.13. The topological polar surface area (TPSA) is 26.0 Å². The summed E-state index contributed by atoms with van der Waals surface area (Å²) < 4.78 is 34.1. The average Bonchev–Trinajstić information content (AvgIpc) is 1.62. The molecule has 0 saturated heterocycles. The molecule has 0 aliphatic heterocycles. The fraction of sp³-hybridized carbons (Fsp3) is 0.600. The maximum atomic E-state index is 11.4. The summed E-state index contributed by atoms with van der Waals surface area (Å²) in [5, 5.41) is 0. The van der Waals surface area contributed by atoms with Gasteiger partial charge in [-0.25, -0.2) is 0 Å². The van der Waals surface area contributed by atoms with E-state index in [0.717, 1.165) is 0 Å². The van der Waals surface area contributed by atoms with Crippen molar-refractivity contribution in [2.75, 3.05) is 6.54 Å². The van der Waals surface area contributed by atoms with Crippen LogP contribution in [0.5, 0.6) is 0 Å². The Morgan fingerprint density at radius 2 is 1.89 bits per heavy atom. The Hall–Kier alpha value is -0.510. The van der Waals surface area contributed by atoms with Gasteiger partial charge in [0.15, 0.2) is 0 Å². The van der Waals surface area contributed by atoms with Crippen LogP contribution in [0.4, 0.5) is 13.2 Å². The molecule has 0 fully saturated rings. The van der Waals surface area contributed by atoms with Crippen LogP contribution in [0.15, 0.2) is 12.2 Å². The van der Waals surface area contributed by atoms with Crippen LogP contribution in [0.3, 0.4) is 0 Å². The molecule has 0 radical (unpaired) electrons. The molecule has 0 aliphatic carbocycles. The summed E-state index contributed by atoms with van der Waals surface area (Å²) in [5.74, 6) is 0. The van der Waals surface area contributed by atoms with Crippen LogP contribution >= 0.6 is 0 Å². The Morgan fingerprint density at radius 1 is 1.44 bits per heavy atom. The van der Waals surface area contributed by atoms with Gasteiger partial charge in [-0.1, -0.05) is 12.2 Å². The lowest BCUT2D eigenvalue weighted by atomic mass is 10.2. The van der Waals surface area contributed by atoms with Crippen molar-refractivity contribution in [3.8, 4) is 0 Å². The van der Waals surface area contributed by atoms with E-state index >= 15 is 0 Å². The number of alkyl halides is 3. The van der Waals surface area contributed by atoms with Crippen molar-refractivity contribution < 1.29 is 13.2 Å². The van der Waals surface area contributed by atoms with E-state index in [1.165, 1.54) is 0 Å². The minimum Gasteiger partial charge on any atom is -0.327 e. The zero-order valence-corrected chi connectivity index (χ0v) is 4.83. The molecule has 0 aliphatic rings. The second-order valence-corrected chi connectivity index (χ2v) is 1.75. The number of rotatable bonds is 2. The van der Waals surface area contributed by atoms with E-state index in [1.54, 1.807) is 0 Å². The quantitative estimate of drug-likeness (QED) is 0.576. The van der Waals surface area contributed by atoms with Crippen LogP contribution in [0.1, 0.15) is 6.42 Å². The van der Waals surface area contributed by atoms with E-state index in [1.807, 2.05) is 0 Å². The average molecular weight is 139 g/mol. The first kappa shape index (κ1) is 8.49. The summed E-state index contributed by atoms with van der Waals surface area (Å²) >= 11 is 0. The fourth-order valence-electron chi connectivity index (χ4n) is 0.356.